The van der Waals surface area contributed by atoms with Crippen molar-refractivity contribution >= 4 is 32.2 Å². The second kappa shape index (κ2) is 9.97. The van der Waals surface area contributed by atoms with Crippen LogP contribution < -0.4 is 10.0 Å². The Balaban J connectivity index is 1.61. The van der Waals surface area contributed by atoms with E-state index in [0.29, 0.717) is 17.3 Å². The maximum atomic E-state index is 13.3. The number of sulfonamides is 1. The van der Waals surface area contributed by atoms with Crippen LogP contribution in [-0.4, -0.2) is 42.6 Å². The first-order valence-electron chi connectivity index (χ1n) is 11.4. The molecular weight excluding hydrogens is 470 g/mol. The van der Waals surface area contributed by atoms with Crippen molar-refractivity contribution in [3.05, 3.63) is 47.2 Å². The number of thiazole rings is 1. The molecule has 182 valence electrons. The molecular formula is C24H31N5O3S2. The van der Waals surface area contributed by atoms with Crippen LogP contribution in [0.25, 0.3) is 10.4 Å². The second-order valence-electron chi connectivity index (χ2n) is 8.88. The minimum absolute atomic E-state index is 0.151. The number of hydrogen-bond donors (Lipinski definition) is 2. The highest BCUT2D eigenvalue weighted by Gasteiger charge is 2.24. The number of rotatable bonds is 7. The third kappa shape index (κ3) is 5.24. The zero-order valence-corrected chi connectivity index (χ0v) is 21.8. The van der Waals surface area contributed by atoms with Crippen molar-refractivity contribution in [2.24, 2.45) is 5.92 Å². The molecule has 1 atom stereocenters. The molecule has 0 amide bonds. The van der Waals surface area contributed by atoms with E-state index in [2.05, 4.69) is 26.9 Å². The summed E-state index contributed by atoms with van der Waals surface area (Å²) in [7, 11) is -3.84. The lowest BCUT2D eigenvalue weighted by Crippen LogP contribution is -2.30. The SMILES string of the molecule is Cc1cncc(C)c1NS(=O)(=O)c1cc(-c2sc(NC(C)C3CCOCC3)nc2C)cnc1C. The van der Waals surface area contributed by atoms with Gasteiger partial charge < -0.3 is 10.1 Å². The van der Waals surface area contributed by atoms with Gasteiger partial charge in [0.25, 0.3) is 10.0 Å². The van der Waals surface area contributed by atoms with Gasteiger partial charge in [-0.2, -0.15) is 0 Å². The van der Waals surface area contributed by atoms with Gasteiger partial charge in [0.05, 0.1) is 22.0 Å². The molecule has 8 nitrogen and oxygen atoms in total. The smallest absolute Gasteiger partial charge is 0.263 e. The lowest BCUT2D eigenvalue weighted by Gasteiger charge is -2.28. The van der Waals surface area contributed by atoms with Crippen molar-refractivity contribution in [3.8, 4) is 10.4 Å². The van der Waals surface area contributed by atoms with Gasteiger partial charge >= 0.3 is 0 Å². The summed E-state index contributed by atoms with van der Waals surface area (Å²) in [6, 6.07) is 1.97. The molecule has 4 rings (SSSR count). The highest BCUT2D eigenvalue weighted by atomic mass is 32.2. The Morgan fingerprint density at radius 3 is 2.41 bits per heavy atom. The van der Waals surface area contributed by atoms with Crippen LogP contribution in [-0.2, 0) is 14.8 Å². The number of ether oxygens (including phenoxy) is 1. The van der Waals surface area contributed by atoms with E-state index in [1.54, 1.807) is 31.6 Å². The van der Waals surface area contributed by atoms with E-state index in [9.17, 15) is 8.42 Å². The number of nitrogens with one attached hydrogen (secondary N) is 2. The maximum absolute atomic E-state index is 13.3. The molecule has 0 radical (unpaired) electrons. The molecule has 34 heavy (non-hydrogen) atoms. The molecule has 3 aromatic heterocycles. The summed E-state index contributed by atoms with van der Waals surface area (Å²) in [6.45, 7) is 11.1. The minimum Gasteiger partial charge on any atom is -0.381 e. The lowest BCUT2D eigenvalue weighted by molar-refractivity contribution is 0.0622. The van der Waals surface area contributed by atoms with Gasteiger partial charge in [0.2, 0.25) is 0 Å². The molecule has 0 aliphatic carbocycles. The van der Waals surface area contributed by atoms with Crippen LogP contribution in [0.3, 0.4) is 0 Å². The van der Waals surface area contributed by atoms with Crippen molar-refractivity contribution in [3.63, 3.8) is 0 Å². The van der Waals surface area contributed by atoms with Crippen molar-refractivity contribution in [1.29, 1.82) is 0 Å². The summed E-state index contributed by atoms with van der Waals surface area (Å²) in [5.74, 6) is 0.547. The Morgan fingerprint density at radius 1 is 1.06 bits per heavy atom. The average molecular weight is 502 g/mol. The third-order valence-corrected chi connectivity index (χ3v) is 8.88. The highest BCUT2D eigenvalue weighted by molar-refractivity contribution is 7.92. The van der Waals surface area contributed by atoms with E-state index < -0.39 is 10.0 Å². The van der Waals surface area contributed by atoms with Gasteiger partial charge in [-0.1, -0.05) is 11.3 Å². The number of aromatic nitrogens is 3. The van der Waals surface area contributed by atoms with Gasteiger partial charge in [0.15, 0.2) is 5.13 Å². The Kier molecular flexibility index (Phi) is 7.20. The summed E-state index contributed by atoms with van der Waals surface area (Å²) in [5, 5.41) is 4.37. The van der Waals surface area contributed by atoms with E-state index >= 15 is 0 Å². The third-order valence-electron chi connectivity index (χ3n) is 6.27. The number of aryl methyl sites for hydroxylation is 4. The van der Waals surface area contributed by atoms with Crippen LogP contribution in [0, 0.1) is 33.6 Å². The standard InChI is InChI=1S/C24H31N5O3S2/c1-14-11-25-12-15(2)22(14)29-34(30,31)21-10-20(13-26-17(21)4)23-18(5)28-24(33-23)27-16(3)19-6-8-32-9-7-19/h10-13,16,19H,6-9H2,1-5H3,(H,25,29)(H,27,28). The molecule has 3 aromatic rings. The Labute approximate surface area is 205 Å². The molecule has 1 fully saturated rings. The largest absolute Gasteiger partial charge is 0.381 e. The molecule has 0 saturated carbocycles. The Bertz CT molecular complexity index is 1260. The molecule has 4 heterocycles. The van der Waals surface area contributed by atoms with Crippen molar-refractivity contribution in [1.82, 2.24) is 15.0 Å². The van der Waals surface area contributed by atoms with Crippen LogP contribution in [0.5, 0.6) is 0 Å². The van der Waals surface area contributed by atoms with Gasteiger partial charge in [-0.15, -0.1) is 0 Å². The number of pyridine rings is 2. The van der Waals surface area contributed by atoms with Gasteiger partial charge in [-0.25, -0.2) is 13.4 Å². The van der Waals surface area contributed by atoms with Crippen LogP contribution in [0.2, 0.25) is 0 Å². The summed E-state index contributed by atoms with van der Waals surface area (Å²) in [5.41, 5.74) is 4.08. The lowest BCUT2D eigenvalue weighted by atomic mass is 9.93. The topological polar surface area (TPSA) is 106 Å². The molecule has 1 saturated heterocycles. The first kappa shape index (κ1) is 24.6. The van der Waals surface area contributed by atoms with E-state index in [4.69, 9.17) is 9.72 Å². The molecule has 1 aliphatic heterocycles. The zero-order valence-electron chi connectivity index (χ0n) is 20.2. The number of nitrogens with zero attached hydrogens (tertiary/aromatic N) is 3. The molecule has 0 spiro atoms. The molecule has 1 aliphatic rings. The second-order valence-corrected chi connectivity index (χ2v) is 11.5. The van der Waals surface area contributed by atoms with Crippen molar-refractivity contribution in [2.45, 2.75) is 58.4 Å². The molecule has 1 unspecified atom stereocenters. The fourth-order valence-corrected chi connectivity index (χ4v) is 6.68. The Morgan fingerprint density at radius 2 is 1.74 bits per heavy atom. The minimum atomic E-state index is -3.84. The summed E-state index contributed by atoms with van der Waals surface area (Å²) in [4.78, 5) is 14.3. The number of hydrogen-bond acceptors (Lipinski definition) is 8. The number of anilines is 2. The normalized spacial score (nSPS) is 15.8. The summed E-state index contributed by atoms with van der Waals surface area (Å²) < 4.78 is 34.8. The van der Waals surface area contributed by atoms with Crippen LogP contribution >= 0.6 is 11.3 Å². The predicted molar refractivity (Wildman–Crippen MR) is 136 cm³/mol. The van der Waals surface area contributed by atoms with Crippen LogP contribution in [0.4, 0.5) is 10.8 Å². The van der Waals surface area contributed by atoms with Crippen LogP contribution in [0.1, 0.15) is 42.3 Å². The quantitative estimate of drug-likeness (QED) is 0.476. The fraction of sp³-hybridized carbons (Fsp3) is 0.458. The van der Waals surface area contributed by atoms with Gasteiger partial charge in [0.1, 0.15) is 4.90 Å². The highest BCUT2D eigenvalue weighted by Crippen LogP contribution is 2.35. The summed E-state index contributed by atoms with van der Waals surface area (Å²) >= 11 is 1.52. The van der Waals surface area contributed by atoms with Crippen LogP contribution in [0.15, 0.2) is 29.6 Å². The average Bonchev–Trinajstić information content (AvgIpc) is 3.17. The first-order chi connectivity index (χ1) is 16.2. The fourth-order valence-electron chi connectivity index (χ4n) is 4.21. The van der Waals surface area contributed by atoms with Crippen molar-refractivity contribution < 1.29 is 13.2 Å². The van der Waals surface area contributed by atoms with Gasteiger partial charge in [-0.05, 0) is 70.6 Å². The summed E-state index contributed by atoms with van der Waals surface area (Å²) in [6.07, 6.45) is 7.07. The van der Waals surface area contributed by atoms with E-state index in [-0.39, 0.29) is 10.9 Å². The Hall–Kier alpha value is -2.56. The molecule has 0 aromatic carbocycles. The molecule has 0 bridgehead atoms. The van der Waals surface area contributed by atoms with Crippen molar-refractivity contribution in [2.75, 3.05) is 23.3 Å². The zero-order chi connectivity index (χ0) is 24.5. The molecule has 10 heteroatoms. The maximum Gasteiger partial charge on any atom is 0.263 e. The molecule has 2 N–H and O–H groups in total. The van der Waals surface area contributed by atoms with Gasteiger partial charge in [0, 0.05) is 43.4 Å². The van der Waals surface area contributed by atoms with Gasteiger partial charge in [-0.3, -0.25) is 14.7 Å². The van der Waals surface area contributed by atoms with E-state index in [1.807, 2.05) is 20.8 Å². The predicted octanol–water partition coefficient (Wildman–Crippen LogP) is 4.86. The monoisotopic (exact) mass is 501 g/mol. The van der Waals surface area contributed by atoms with E-state index in [1.165, 1.54) is 11.3 Å². The first-order valence-corrected chi connectivity index (χ1v) is 13.7. The van der Waals surface area contributed by atoms with E-state index in [0.717, 1.165) is 58.4 Å².